The van der Waals surface area contributed by atoms with Gasteiger partial charge in [0.2, 0.25) is 5.91 Å². The Morgan fingerprint density at radius 1 is 1.25 bits per heavy atom. The minimum Gasteiger partial charge on any atom is -0.465 e. The molecule has 1 N–H and O–H groups in total. The second-order valence-electron chi connectivity index (χ2n) is 5.55. The summed E-state index contributed by atoms with van der Waals surface area (Å²) in [6.45, 7) is 3.75. The van der Waals surface area contributed by atoms with Crippen molar-refractivity contribution in [1.82, 2.24) is 9.55 Å². The Morgan fingerprint density at radius 2 is 1.92 bits per heavy atom. The molecule has 7 heteroatoms. The van der Waals surface area contributed by atoms with Crippen molar-refractivity contribution < 1.29 is 14.3 Å². The van der Waals surface area contributed by atoms with E-state index in [1.807, 2.05) is 13.8 Å². The van der Waals surface area contributed by atoms with Crippen molar-refractivity contribution in [2.45, 2.75) is 26.3 Å². The van der Waals surface area contributed by atoms with Gasteiger partial charge in [0.05, 0.1) is 24.7 Å². The molecule has 0 aliphatic rings. The Balaban J connectivity index is 2.03. The van der Waals surface area contributed by atoms with E-state index in [4.69, 9.17) is 0 Å². The van der Waals surface area contributed by atoms with Gasteiger partial charge in [0.1, 0.15) is 6.54 Å². The third-order valence-electron chi connectivity index (χ3n) is 3.40. The zero-order valence-corrected chi connectivity index (χ0v) is 13.8. The van der Waals surface area contributed by atoms with Crippen LogP contribution >= 0.6 is 0 Å². The fraction of sp³-hybridized carbons (Fsp3) is 0.294. The van der Waals surface area contributed by atoms with Crippen LogP contribution < -0.4 is 10.9 Å². The van der Waals surface area contributed by atoms with Crippen LogP contribution in [-0.2, 0) is 16.1 Å². The Hall–Kier alpha value is -2.96. The predicted octanol–water partition coefficient (Wildman–Crippen LogP) is 1.79. The molecule has 1 heterocycles. The van der Waals surface area contributed by atoms with E-state index in [1.54, 1.807) is 24.3 Å². The van der Waals surface area contributed by atoms with E-state index in [1.165, 1.54) is 24.1 Å². The second kappa shape index (κ2) is 7.54. The number of ether oxygens (including phenoxy) is 1. The lowest BCUT2D eigenvalue weighted by Crippen LogP contribution is -2.28. The van der Waals surface area contributed by atoms with Crippen LogP contribution in [0, 0.1) is 0 Å². The van der Waals surface area contributed by atoms with Gasteiger partial charge in [0, 0.05) is 11.8 Å². The monoisotopic (exact) mass is 329 g/mol. The van der Waals surface area contributed by atoms with Crippen molar-refractivity contribution in [3.63, 3.8) is 0 Å². The van der Waals surface area contributed by atoms with E-state index < -0.39 is 5.97 Å². The molecular formula is C17H19N3O4. The third kappa shape index (κ3) is 4.28. The number of hydrogen-bond donors (Lipinski definition) is 1. The molecule has 0 saturated carbocycles. The van der Waals surface area contributed by atoms with E-state index >= 15 is 0 Å². The average Bonchev–Trinajstić information content (AvgIpc) is 2.56. The summed E-state index contributed by atoms with van der Waals surface area (Å²) in [4.78, 5) is 39.5. The summed E-state index contributed by atoms with van der Waals surface area (Å²) in [6, 6.07) is 7.71. The Morgan fingerprint density at radius 3 is 2.46 bits per heavy atom. The smallest absolute Gasteiger partial charge is 0.337 e. The number of carbonyl (C=O) groups excluding carboxylic acids is 2. The average molecular weight is 329 g/mol. The van der Waals surface area contributed by atoms with Crippen molar-refractivity contribution in [3.8, 4) is 0 Å². The summed E-state index contributed by atoms with van der Waals surface area (Å²) >= 11 is 0. The van der Waals surface area contributed by atoms with Crippen LogP contribution in [0.15, 0.2) is 41.5 Å². The molecule has 1 aromatic heterocycles. The number of anilines is 1. The van der Waals surface area contributed by atoms with E-state index in [2.05, 4.69) is 15.0 Å². The standard InChI is InChI=1S/C17H19N3O4/c1-11(2)14-8-16(22)20(10-18-14)9-15(21)19-13-6-4-12(5-7-13)17(23)24-3/h4-8,10-11H,9H2,1-3H3,(H,19,21). The highest BCUT2D eigenvalue weighted by molar-refractivity contribution is 5.92. The summed E-state index contributed by atoms with van der Waals surface area (Å²) in [6.07, 6.45) is 1.37. The van der Waals surface area contributed by atoms with Gasteiger partial charge in [0.25, 0.3) is 5.56 Å². The van der Waals surface area contributed by atoms with Crippen molar-refractivity contribution >= 4 is 17.6 Å². The van der Waals surface area contributed by atoms with Crippen LogP contribution in [0.3, 0.4) is 0 Å². The van der Waals surface area contributed by atoms with Gasteiger partial charge in [-0.25, -0.2) is 9.78 Å². The molecule has 0 spiro atoms. The minimum atomic E-state index is -0.448. The molecule has 1 aromatic carbocycles. The Kier molecular flexibility index (Phi) is 5.47. The molecule has 7 nitrogen and oxygen atoms in total. The number of amides is 1. The van der Waals surface area contributed by atoms with Crippen molar-refractivity contribution in [2.24, 2.45) is 0 Å². The maximum absolute atomic E-state index is 12.0. The molecule has 126 valence electrons. The summed E-state index contributed by atoms with van der Waals surface area (Å²) in [5.41, 5.74) is 1.33. The fourth-order valence-electron chi connectivity index (χ4n) is 2.04. The predicted molar refractivity (Wildman–Crippen MR) is 89.0 cm³/mol. The van der Waals surface area contributed by atoms with Crippen LogP contribution in [0.5, 0.6) is 0 Å². The molecule has 0 saturated heterocycles. The van der Waals surface area contributed by atoms with Gasteiger partial charge in [-0.15, -0.1) is 0 Å². The van der Waals surface area contributed by atoms with E-state index in [0.717, 1.165) is 0 Å². The maximum Gasteiger partial charge on any atom is 0.337 e. The number of methoxy groups -OCH3 is 1. The summed E-state index contributed by atoms with van der Waals surface area (Å²) in [5, 5.41) is 2.66. The molecule has 0 bridgehead atoms. The van der Waals surface area contributed by atoms with Gasteiger partial charge >= 0.3 is 5.97 Å². The first-order valence-corrected chi connectivity index (χ1v) is 7.45. The second-order valence-corrected chi connectivity index (χ2v) is 5.55. The number of benzene rings is 1. The first-order chi connectivity index (χ1) is 11.4. The highest BCUT2D eigenvalue weighted by atomic mass is 16.5. The lowest BCUT2D eigenvalue weighted by Gasteiger charge is -2.09. The first-order valence-electron chi connectivity index (χ1n) is 7.45. The van der Waals surface area contributed by atoms with Crippen molar-refractivity contribution in [2.75, 3.05) is 12.4 Å². The summed E-state index contributed by atoms with van der Waals surface area (Å²) in [5.74, 6) is -0.660. The molecule has 0 unspecified atom stereocenters. The molecule has 2 aromatic rings. The molecular weight excluding hydrogens is 310 g/mol. The van der Waals surface area contributed by atoms with Gasteiger partial charge in [-0.05, 0) is 30.2 Å². The lowest BCUT2D eigenvalue weighted by atomic mass is 10.1. The third-order valence-corrected chi connectivity index (χ3v) is 3.40. The topological polar surface area (TPSA) is 90.3 Å². The number of carbonyl (C=O) groups is 2. The van der Waals surface area contributed by atoms with Gasteiger partial charge in [-0.1, -0.05) is 13.8 Å². The summed E-state index contributed by atoms with van der Waals surface area (Å²) < 4.78 is 5.84. The largest absolute Gasteiger partial charge is 0.465 e. The zero-order chi connectivity index (χ0) is 17.7. The number of nitrogens with one attached hydrogen (secondary N) is 1. The lowest BCUT2D eigenvalue weighted by molar-refractivity contribution is -0.116. The molecule has 0 aliphatic carbocycles. The highest BCUT2D eigenvalue weighted by Gasteiger charge is 2.09. The fourth-order valence-corrected chi connectivity index (χ4v) is 2.04. The number of nitrogens with zero attached hydrogens (tertiary/aromatic N) is 2. The molecule has 2 rings (SSSR count). The molecule has 0 fully saturated rings. The quantitative estimate of drug-likeness (QED) is 0.845. The molecule has 0 aliphatic heterocycles. The highest BCUT2D eigenvalue weighted by Crippen LogP contribution is 2.11. The zero-order valence-electron chi connectivity index (χ0n) is 13.8. The van der Waals surface area contributed by atoms with E-state index in [-0.39, 0.29) is 23.9 Å². The SMILES string of the molecule is COC(=O)c1ccc(NC(=O)Cn2cnc(C(C)C)cc2=O)cc1. The van der Waals surface area contributed by atoms with E-state index in [0.29, 0.717) is 16.9 Å². The van der Waals surface area contributed by atoms with Gasteiger partial charge in [-0.3, -0.25) is 14.2 Å². The van der Waals surface area contributed by atoms with Crippen LogP contribution in [0.4, 0.5) is 5.69 Å². The van der Waals surface area contributed by atoms with E-state index in [9.17, 15) is 14.4 Å². The van der Waals surface area contributed by atoms with Crippen molar-refractivity contribution in [3.05, 3.63) is 58.3 Å². The normalized spacial score (nSPS) is 10.5. The molecule has 0 radical (unpaired) electrons. The Labute approximate surface area is 139 Å². The van der Waals surface area contributed by atoms with Gasteiger partial charge in [0.15, 0.2) is 0 Å². The van der Waals surface area contributed by atoms with Crippen LogP contribution in [0.2, 0.25) is 0 Å². The summed E-state index contributed by atoms with van der Waals surface area (Å²) in [7, 11) is 1.30. The number of aromatic nitrogens is 2. The number of rotatable bonds is 5. The van der Waals surface area contributed by atoms with Crippen LogP contribution in [0.1, 0.15) is 35.8 Å². The minimum absolute atomic E-state index is 0.136. The number of esters is 1. The molecule has 1 amide bonds. The number of hydrogen-bond acceptors (Lipinski definition) is 5. The van der Waals surface area contributed by atoms with Gasteiger partial charge < -0.3 is 10.1 Å². The maximum atomic E-state index is 12.0. The Bertz CT molecular complexity index is 794. The molecule has 0 atom stereocenters. The van der Waals surface area contributed by atoms with Crippen molar-refractivity contribution in [1.29, 1.82) is 0 Å². The first kappa shape index (κ1) is 17.4. The van der Waals surface area contributed by atoms with Gasteiger partial charge in [-0.2, -0.15) is 0 Å². The van der Waals surface area contributed by atoms with Crippen LogP contribution in [-0.4, -0.2) is 28.5 Å². The molecule has 24 heavy (non-hydrogen) atoms. The van der Waals surface area contributed by atoms with Crippen LogP contribution in [0.25, 0.3) is 0 Å².